The van der Waals surface area contributed by atoms with Crippen molar-refractivity contribution >= 4 is 28.1 Å². The maximum absolute atomic E-state index is 12.1. The van der Waals surface area contributed by atoms with E-state index in [1.807, 2.05) is 28.9 Å². The number of fused-ring (bicyclic) bond motifs is 2. The first kappa shape index (κ1) is 25.1. The number of benzene rings is 2. The molecular formula is C29H33N7O3. The fourth-order valence-corrected chi connectivity index (χ4v) is 5.63. The van der Waals surface area contributed by atoms with Gasteiger partial charge in [-0.2, -0.15) is 4.98 Å². The molecule has 2 aliphatic rings. The number of hydrogen-bond acceptors (Lipinski definition) is 8. The fraction of sp³-hybridized carbons (Fsp3) is 0.379. The highest BCUT2D eigenvalue weighted by atomic mass is 16.5. The lowest BCUT2D eigenvalue weighted by atomic mass is 10.0. The number of aromatic nitrogens is 4. The molecule has 1 amide bonds. The lowest BCUT2D eigenvalue weighted by molar-refractivity contribution is -0.126. The molecule has 10 heteroatoms. The highest BCUT2D eigenvalue weighted by Gasteiger charge is 2.26. The third-order valence-corrected chi connectivity index (χ3v) is 7.84. The molecule has 2 fully saturated rings. The zero-order chi connectivity index (χ0) is 26.9. The molecule has 2 aromatic carbocycles. The van der Waals surface area contributed by atoms with E-state index in [9.17, 15) is 9.90 Å². The lowest BCUT2D eigenvalue weighted by Crippen LogP contribution is -2.48. The number of likely N-dealkylation sites (N-methyl/N-ethyl adjacent to an activating group) is 1. The zero-order valence-electron chi connectivity index (χ0n) is 22.2. The molecule has 0 radical (unpaired) electrons. The second-order valence-corrected chi connectivity index (χ2v) is 10.3. The van der Waals surface area contributed by atoms with Gasteiger partial charge in [-0.15, -0.1) is 5.10 Å². The highest BCUT2D eigenvalue weighted by molar-refractivity contribution is 5.88. The standard InChI is InChI=1S/C29H33N7O3/c1-3-26(38)34-11-13-35(14-12-34)28-27-30-18-23(15-21-17-24(37)16-20-7-4-5-9-25(20)21)36(27)32-29(31-28)39-19-22-8-6-10-33(22)2/h3-5,7,9,16-18,22,37H,1,6,8,10-15,19H2,2H3/t22-/m0/s1. The van der Waals surface area contributed by atoms with Crippen molar-refractivity contribution in [2.45, 2.75) is 25.3 Å². The van der Waals surface area contributed by atoms with Crippen molar-refractivity contribution in [1.29, 1.82) is 0 Å². The molecule has 10 nitrogen and oxygen atoms in total. The summed E-state index contributed by atoms with van der Waals surface area (Å²) in [5, 5.41) is 17.2. The zero-order valence-corrected chi connectivity index (χ0v) is 22.2. The third kappa shape index (κ3) is 4.99. The Morgan fingerprint density at radius 2 is 2.00 bits per heavy atom. The number of rotatable bonds is 7. The summed E-state index contributed by atoms with van der Waals surface area (Å²) < 4.78 is 8.00. The summed E-state index contributed by atoms with van der Waals surface area (Å²) in [4.78, 5) is 27.9. The number of ether oxygens (including phenoxy) is 1. The second-order valence-electron chi connectivity index (χ2n) is 10.3. The normalized spacial score (nSPS) is 18.2. The van der Waals surface area contributed by atoms with Gasteiger partial charge in [0.05, 0.1) is 11.9 Å². The Labute approximate surface area is 227 Å². The van der Waals surface area contributed by atoms with Crippen LogP contribution in [-0.2, 0) is 11.2 Å². The van der Waals surface area contributed by atoms with E-state index in [1.165, 1.54) is 6.08 Å². The summed E-state index contributed by atoms with van der Waals surface area (Å²) in [5.41, 5.74) is 2.50. The Balaban J connectivity index is 1.36. The van der Waals surface area contributed by atoms with Crippen LogP contribution in [0.1, 0.15) is 24.1 Å². The summed E-state index contributed by atoms with van der Waals surface area (Å²) in [6, 6.07) is 12.2. The van der Waals surface area contributed by atoms with E-state index in [0.717, 1.165) is 41.4 Å². The van der Waals surface area contributed by atoms with Crippen LogP contribution in [0.4, 0.5) is 5.82 Å². The maximum atomic E-state index is 12.1. The van der Waals surface area contributed by atoms with Gasteiger partial charge in [-0.25, -0.2) is 9.50 Å². The summed E-state index contributed by atoms with van der Waals surface area (Å²) >= 11 is 0. The minimum Gasteiger partial charge on any atom is -0.508 e. The third-order valence-electron chi connectivity index (χ3n) is 7.84. The minimum absolute atomic E-state index is 0.0615. The molecule has 0 aliphatic carbocycles. The van der Waals surface area contributed by atoms with Crippen LogP contribution in [0, 0.1) is 0 Å². The average Bonchev–Trinajstić information content (AvgIpc) is 3.56. The van der Waals surface area contributed by atoms with Gasteiger partial charge in [-0.05, 0) is 61.0 Å². The Hall–Kier alpha value is -4.18. The van der Waals surface area contributed by atoms with E-state index in [1.54, 1.807) is 17.0 Å². The van der Waals surface area contributed by atoms with Crippen LogP contribution in [0.3, 0.4) is 0 Å². The van der Waals surface area contributed by atoms with Crippen LogP contribution in [0.15, 0.2) is 55.3 Å². The van der Waals surface area contributed by atoms with Crippen molar-refractivity contribution in [2.24, 2.45) is 0 Å². The van der Waals surface area contributed by atoms with Gasteiger partial charge in [0, 0.05) is 38.6 Å². The number of imidazole rings is 1. The molecule has 0 saturated carbocycles. The molecule has 4 aromatic rings. The first-order chi connectivity index (χ1) is 19.0. The van der Waals surface area contributed by atoms with Crippen LogP contribution in [0.5, 0.6) is 11.8 Å². The highest BCUT2D eigenvalue weighted by Crippen LogP contribution is 2.29. The predicted molar refractivity (Wildman–Crippen MR) is 149 cm³/mol. The van der Waals surface area contributed by atoms with Crippen molar-refractivity contribution in [2.75, 3.05) is 51.3 Å². The van der Waals surface area contributed by atoms with Crippen molar-refractivity contribution in [3.8, 4) is 11.8 Å². The van der Waals surface area contributed by atoms with Crippen LogP contribution < -0.4 is 9.64 Å². The number of phenols is 1. The van der Waals surface area contributed by atoms with Crippen LogP contribution in [0.25, 0.3) is 16.4 Å². The smallest absolute Gasteiger partial charge is 0.336 e. The number of hydrogen-bond donors (Lipinski definition) is 1. The van der Waals surface area contributed by atoms with Gasteiger partial charge in [0.15, 0.2) is 11.5 Å². The van der Waals surface area contributed by atoms with E-state index in [4.69, 9.17) is 19.8 Å². The van der Waals surface area contributed by atoms with Gasteiger partial charge in [0.2, 0.25) is 5.91 Å². The van der Waals surface area contributed by atoms with Gasteiger partial charge in [-0.1, -0.05) is 30.8 Å². The molecule has 1 atom stereocenters. The van der Waals surface area contributed by atoms with E-state index in [0.29, 0.717) is 62.7 Å². The maximum Gasteiger partial charge on any atom is 0.336 e. The SMILES string of the molecule is C=CC(=O)N1CCN(c2nc(OC[C@@H]3CCCN3C)nn3c(Cc4cc(O)cc5ccccc45)cnc23)CC1. The monoisotopic (exact) mass is 527 g/mol. The molecule has 4 heterocycles. The summed E-state index contributed by atoms with van der Waals surface area (Å²) in [6.45, 7) is 7.59. The fourth-order valence-electron chi connectivity index (χ4n) is 5.63. The molecule has 39 heavy (non-hydrogen) atoms. The van der Waals surface area contributed by atoms with E-state index in [2.05, 4.69) is 29.5 Å². The molecule has 6 rings (SSSR count). The van der Waals surface area contributed by atoms with Gasteiger partial charge >= 0.3 is 6.01 Å². The number of carbonyl (C=O) groups is 1. The molecule has 2 aromatic heterocycles. The number of aromatic hydroxyl groups is 1. The molecular weight excluding hydrogens is 494 g/mol. The van der Waals surface area contributed by atoms with E-state index < -0.39 is 0 Å². The van der Waals surface area contributed by atoms with Crippen molar-refractivity contribution in [3.05, 3.63) is 66.5 Å². The first-order valence-electron chi connectivity index (χ1n) is 13.4. The van der Waals surface area contributed by atoms with Crippen LogP contribution >= 0.6 is 0 Å². The Kier molecular flexibility index (Phi) is 6.78. The summed E-state index contributed by atoms with van der Waals surface area (Å²) in [6.07, 6.45) is 5.95. The van der Waals surface area contributed by atoms with Crippen molar-refractivity contribution in [1.82, 2.24) is 29.4 Å². The molecule has 2 saturated heterocycles. The van der Waals surface area contributed by atoms with E-state index >= 15 is 0 Å². The van der Waals surface area contributed by atoms with Gasteiger partial charge < -0.3 is 24.5 Å². The number of amides is 1. The second kappa shape index (κ2) is 10.5. The Bertz CT molecular complexity index is 1530. The van der Waals surface area contributed by atoms with Gasteiger partial charge in [0.1, 0.15) is 12.4 Å². The lowest BCUT2D eigenvalue weighted by Gasteiger charge is -2.34. The Morgan fingerprint density at radius 1 is 1.18 bits per heavy atom. The first-order valence-corrected chi connectivity index (χ1v) is 13.4. The molecule has 1 N–H and O–H groups in total. The molecule has 0 bridgehead atoms. The van der Waals surface area contributed by atoms with E-state index in [-0.39, 0.29) is 11.7 Å². The van der Waals surface area contributed by atoms with Crippen molar-refractivity contribution in [3.63, 3.8) is 0 Å². The minimum atomic E-state index is -0.0615. The summed E-state index contributed by atoms with van der Waals surface area (Å²) in [5.74, 6) is 0.857. The topological polar surface area (TPSA) is 99.3 Å². The number of anilines is 1. The largest absolute Gasteiger partial charge is 0.508 e. The molecule has 202 valence electrons. The summed E-state index contributed by atoms with van der Waals surface area (Å²) in [7, 11) is 2.12. The number of nitrogens with zero attached hydrogens (tertiary/aromatic N) is 7. The number of piperazine rings is 1. The molecule has 0 spiro atoms. The number of carbonyl (C=O) groups excluding carboxylic acids is 1. The van der Waals surface area contributed by atoms with Gasteiger partial charge in [0.25, 0.3) is 0 Å². The molecule has 0 unspecified atom stereocenters. The predicted octanol–water partition coefficient (Wildman–Crippen LogP) is 2.88. The molecule has 2 aliphatic heterocycles. The van der Waals surface area contributed by atoms with Gasteiger partial charge in [-0.3, -0.25) is 4.79 Å². The average molecular weight is 528 g/mol. The van der Waals surface area contributed by atoms with Crippen LogP contribution in [0.2, 0.25) is 0 Å². The number of phenolic OH excluding ortho intramolecular Hbond substituents is 1. The number of likely N-dealkylation sites (tertiary alicyclic amines) is 1. The van der Waals surface area contributed by atoms with Crippen molar-refractivity contribution < 1.29 is 14.6 Å². The Morgan fingerprint density at radius 3 is 2.77 bits per heavy atom. The quantitative estimate of drug-likeness (QED) is 0.367. The van der Waals surface area contributed by atoms with Crippen LogP contribution in [-0.4, -0.2) is 92.8 Å².